The number of aliphatic hydroxyl groups is 1. The first-order valence-electron chi connectivity index (χ1n) is 9.42. The second kappa shape index (κ2) is 8.00. The fourth-order valence-electron chi connectivity index (χ4n) is 3.89. The number of carbonyl (C=O) groups excluding carboxylic acids is 2. The topological polar surface area (TPSA) is 69.6 Å². The lowest BCUT2D eigenvalue weighted by molar-refractivity contribution is -0.127. The van der Waals surface area contributed by atoms with E-state index in [0.29, 0.717) is 38.0 Å². The molecule has 1 heterocycles. The van der Waals surface area contributed by atoms with E-state index in [-0.39, 0.29) is 17.7 Å². The molecule has 136 valence electrons. The molecule has 1 aromatic rings. The minimum Gasteiger partial charge on any atom is -0.388 e. The molecule has 0 atom stereocenters. The van der Waals surface area contributed by atoms with Crippen LogP contribution in [-0.2, 0) is 4.79 Å². The molecule has 0 unspecified atom stereocenters. The summed E-state index contributed by atoms with van der Waals surface area (Å²) in [4.78, 5) is 26.7. The first kappa shape index (κ1) is 17.9. The van der Waals surface area contributed by atoms with E-state index in [4.69, 9.17) is 0 Å². The molecule has 3 rings (SSSR count). The molecule has 1 saturated carbocycles. The van der Waals surface area contributed by atoms with Gasteiger partial charge >= 0.3 is 0 Å². The number of amides is 2. The number of benzene rings is 1. The average molecular weight is 344 g/mol. The molecule has 1 aliphatic heterocycles. The number of likely N-dealkylation sites (tertiary alicyclic amines) is 1. The summed E-state index contributed by atoms with van der Waals surface area (Å²) in [5.74, 6) is -0.00574. The molecule has 0 bridgehead atoms. The van der Waals surface area contributed by atoms with Gasteiger partial charge in [0.2, 0.25) is 5.91 Å². The van der Waals surface area contributed by atoms with E-state index in [9.17, 15) is 14.7 Å². The van der Waals surface area contributed by atoms with Crippen LogP contribution < -0.4 is 5.32 Å². The molecule has 5 heteroatoms. The van der Waals surface area contributed by atoms with Crippen molar-refractivity contribution in [3.63, 3.8) is 0 Å². The molecular weight excluding hydrogens is 316 g/mol. The Kier molecular flexibility index (Phi) is 5.74. The van der Waals surface area contributed by atoms with Crippen molar-refractivity contribution in [2.24, 2.45) is 5.92 Å². The standard InChI is InChI=1S/C20H28N2O3/c23-18(21-15-20(25)11-5-2-6-12-20)16-9-13-22(14-10-16)19(24)17-7-3-1-4-8-17/h1,3-4,7-8,16,25H,2,5-6,9-15H2,(H,21,23). The maximum absolute atomic E-state index is 12.4. The van der Waals surface area contributed by atoms with Crippen LogP contribution in [0.3, 0.4) is 0 Å². The third-order valence-corrected chi connectivity index (χ3v) is 5.55. The second-order valence-corrected chi connectivity index (χ2v) is 7.44. The number of nitrogens with zero attached hydrogens (tertiary/aromatic N) is 1. The van der Waals surface area contributed by atoms with Crippen LogP contribution in [0.15, 0.2) is 30.3 Å². The molecule has 1 aliphatic carbocycles. The lowest BCUT2D eigenvalue weighted by Gasteiger charge is -2.34. The Morgan fingerprint density at radius 1 is 1.08 bits per heavy atom. The molecule has 2 amide bonds. The van der Waals surface area contributed by atoms with Crippen LogP contribution in [0.5, 0.6) is 0 Å². The lowest BCUT2D eigenvalue weighted by atomic mass is 9.84. The van der Waals surface area contributed by atoms with Gasteiger partial charge in [0.1, 0.15) is 0 Å². The van der Waals surface area contributed by atoms with Crippen LogP contribution in [-0.4, -0.2) is 47.1 Å². The molecular formula is C20H28N2O3. The molecule has 5 nitrogen and oxygen atoms in total. The smallest absolute Gasteiger partial charge is 0.253 e. The summed E-state index contributed by atoms with van der Waals surface area (Å²) in [6.07, 6.45) is 6.16. The zero-order valence-corrected chi connectivity index (χ0v) is 14.7. The highest BCUT2D eigenvalue weighted by atomic mass is 16.3. The van der Waals surface area contributed by atoms with Crippen molar-refractivity contribution in [3.8, 4) is 0 Å². The van der Waals surface area contributed by atoms with Crippen molar-refractivity contribution in [1.82, 2.24) is 10.2 Å². The third-order valence-electron chi connectivity index (χ3n) is 5.55. The number of piperidine rings is 1. The highest BCUT2D eigenvalue weighted by Gasteiger charge is 2.32. The van der Waals surface area contributed by atoms with Gasteiger partial charge in [0.05, 0.1) is 5.60 Å². The van der Waals surface area contributed by atoms with E-state index < -0.39 is 5.60 Å². The Hall–Kier alpha value is -1.88. The predicted octanol–water partition coefficient (Wildman–Crippen LogP) is 2.35. The highest BCUT2D eigenvalue weighted by Crippen LogP contribution is 2.27. The van der Waals surface area contributed by atoms with Crippen LogP contribution in [0, 0.1) is 5.92 Å². The van der Waals surface area contributed by atoms with Gasteiger partial charge in [0, 0.05) is 31.1 Å². The van der Waals surface area contributed by atoms with Crippen LogP contribution in [0.4, 0.5) is 0 Å². The highest BCUT2D eigenvalue weighted by molar-refractivity contribution is 5.94. The van der Waals surface area contributed by atoms with Crippen LogP contribution in [0.1, 0.15) is 55.3 Å². The van der Waals surface area contributed by atoms with Gasteiger partial charge in [0.25, 0.3) is 5.91 Å². The van der Waals surface area contributed by atoms with Crippen LogP contribution >= 0.6 is 0 Å². The Morgan fingerprint density at radius 2 is 1.72 bits per heavy atom. The summed E-state index contributed by atoms with van der Waals surface area (Å²) < 4.78 is 0. The third kappa shape index (κ3) is 4.60. The molecule has 2 N–H and O–H groups in total. The monoisotopic (exact) mass is 344 g/mol. The van der Waals surface area contributed by atoms with Gasteiger partial charge in [-0.3, -0.25) is 9.59 Å². The van der Waals surface area contributed by atoms with Crippen LogP contribution in [0.25, 0.3) is 0 Å². The van der Waals surface area contributed by atoms with Crippen molar-refractivity contribution in [2.75, 3.05) is 19.6 Å². The Labute approximate surface area is 149 Å². The van der Waals surface area contributed by atoms with E-state index in [1.54, 1.807) is 0 Å². The summed E-state index contributed by atoms with van der Waals surface area (Å²) in [5.41, 5.74) is -0.0253. The van der Waals surface area contributed by atoms with E-state index in [0.717, 1.165) is 25.7 Å². The summed E-state index contributed by atoms with van der Waals surface area (Å²) in [6.45, 7) is 1.57. The van der Waals surface area contributed by atoms with Gasteiger partial charge in [0.15, 0.2) is 0 Å². The predicted molar refractivity (Wildman–Crippen MR) is 96.1 cm³/mol. The molecule has 0 radical (unpaired) electrons. The van der Waals surface area contributed by atoms with Gasteiger partial charge < -0.3 is 15.3 Å². The van der Waals surface area contributed by atoms with Crippen LogP contribution in [0.2, 0.25) is 0 Å². The Morgan fingerprint density at radius 3 is 2.36 bits per heavy atom. The molecule has 0 spiro atoms. The van der Waals surface area contributed by atoms with Gasteiger partial charge in [-0.1, -0.05) is 37.5 Å². The Balaban J connectivity index is 1.45. The van der Waals surface area contributed by atoms with Gasteiger partial charge in [-0.15, -0.1) is 0 Å². The number of hydrogen-bond acceptors (Lipinski definition) is 3. The number of carbonyl (C=O) groups is 2. The average Bonchev–Trinajstić information content (AvgIpc) is 2.67. The van der Waals surface area contributed by atoms with Crippen molar-refractivity contribution in [1.29, 1.82) is 0 Å². The number of rotatable bonds is 4. The van der Waals surface area contributed by atoms with Gasteiger partial charge in [-0.25, -0.2) is 0 Å². The zero-order chi connectivity index (χ0) is 17.7. The van der Waals surface area contributed by atoms with Gasteiger partial charge in [-0.2, -0.15) is 0 Å². The molecule has 25 heavy (non-hydrogen) atoms. The lowest BCUT2D eigenvalue weighted by Crippen LogP contribution is -2.48. The van der Waals surface area contributed by atoms with E-state index >= 15 is 0 Å². The molecule has 2 fully saturated rings. The van der Waals surface area contributed by atoms with Crippen molar-refractivity contribution in [2.45, 2.75) is 50.5 Å². The SMILES string of the molecule is O=C(NCC1(O)CCCCC1)C1CCN(C(=O)c2ccccc2)CC1. The Bertz CT molecular complexity index is 588. The second-order valence-electron chi connectivity index (χ2n) is 7.44. The summed E-state index contributed by atoms with van der Waals surface area (Å²) in [7, 11) is 0. The maximum Gasteiger partial charge on any atom is 0.253 e. The minimum atomic E-state index is -0.724. The normalized spacial score (nSPS) is 20.9. The summed E-state index contributed by atoms with van der Waals surface area (Å²) in [5, 5.41) is 13.4. The largest absolute Gasteiger partial charge is 0.388 e. The first-order valence-corrected chi connectivity index (χ1v) is 9.42. The first-order chi connectivity index (χ1) is 12.1. The molecule has 0 aromatic heterocycles. The maximum atomic E-state index is 12.4. The fraction of sp³-hybridized carbons (Fsp3) is 0.600. The quantitative estimate of drug-likeness (QED) is 0.881. The number of hydrogen-bond donors (Lipinski definition) is 2. The number of nitrogens with one attached hydrogen (secondary N) is 1. The molecule has 1 saturated heterocycles. The van der Waals surface area contributed by atoms with E-state index in [2.05, 4.69) is 5.32 Å². The zero-order valence-electron chi connectivity index (χ0n) is 14.7. The molecule has 2 aliphatic rings. The molecule has 1 aromatic carbocycles. The van der Waals surface area contributed by atoms with E-state index in [1.165, 1.54) is 6.42 Å². The summed E-state index contributed by atoms with van der Waals surface area (Å²) >= 11 is 0. The van der Waals surface area contributed by atoms with Crippen molar-refractivity contribution >= 4 is 11.8 Å². The fourth-order valence-corrected chi connectivity index (χ4v) is 3.89. The minimum absolute atomic E-state index is 0.0193. The van der Waals surface area contributed by atoms with Crippen molar-refractivity contribution < 1.29 is 14.7 Å². The summed E-state index contributed by atoms with van der Waals surface area (Å²) in [6, 6.07) is 9.28. The van der Waals surface area contributed by atoms with Crippen molar-refractivity contribution in [3.05, 3.63) is 35.9 Å². The van der Waals surface area contributed by atoms with Gasteiger partial charge in [-0.05, 0) is 37.8 Å². The van der Waals surface area contributed by atoms with E-state index in [1.807, 2.05) is 35.2 Å².